The van der Waals surface area contributed by atoms with Gasteiger partial charge in [0.25, 0.3) is 0 Å². The summed E-state index contributed by atoms with van der Waals surface area (Å²) in [4.78, 5) is 24.9. The van der Waals surface area contributed by atoms with E-state index in [9.17, 15) is 9.59 Å². The third-order valence-electron chi connectivity index (χ3n) is 3.54. The average Bonchev–Trinajstić information content (AvgIpc) is 2.56. The summed E-state index contributed by atoms with van der Waals surface area (Å²) in [6.07, 6.45) is 0. The number of benzene rings is 2. The minimum absolute atomic E-state index is 0.334. The first-order chi connectivity index (χ1) is 11.0. The molecule has 2 aromatic rings. The SMILES string of the molecule is CNC(=O)NC(=O)[C@@H](Sc1ccc(C)c(C)c1)c1ccccc1. The van der Waals surface area contributed by atoms with Crippen LogP contribution in [0.25, 0.3) is 0 Å². The molecule has 0 aliphatic heterocycles. The number of nitrogens with one attached hydrogen (secondary N) is 2. The third kappa shape index (κ3) is 4.60. The van der Waals surface area contributed by atoms with Crippen molar-refractivity contribution >= 4 is 23.7 Å². The summed E-state index contributed by atoms with van der Waals surface area (Å²) in [6, 6.07) is 15.0. The van der Waals surface area contributed by atoms with Gasteiger partial charge in [-0.05, 0) is 42.7 Å². The zero-order valence-corrected chi connectivity index (χ0v) is 14.2. The number of hydrogen-bond donors (Lipinski definition) is 2. The number of amides is 3. The van der Waals surface area contributed by atoms with Crippen molar-refractivity contribution in [2.45, 2.75) is 24.0 Å². The van der Waals surface area contributed by atoms with Crippen LogP contribution in [-0.2, 0) is 4.79 Å². The first-order valence-corrected chi connectivity index (χ1v) is 8.20. The van der Waals surface area contributed by atoms with Crippen LogP contribution in [0.4, 0.5) is 4.79 Å². The minimum atomic E-state index is -0.503. The van der Waals surface area contributed by atoms with Crippen molar-refractivity contribution in [1.82, 2.24) is 10.6 Å². The second kappa shape index (κ2) is 7.83. The predicted octanol–water partition coefficient (Wildman–Crippen LogP) is 3.59. The molecule has 2 aromatic carbocycles. The van der Waals surface area contributed by atoms with Crippen molar-refractivity contribution in [3.8, 4) is 0 Å². The van der Waals surface area contributed by atoms with Gasteiger partial charge in [-0.25, -0.2) is 4.79 Å². The third-order valence-corrected chi connectivity index (χ3v) is 4.78. The van der Waals surface area contributed by atoms with E-state index in [4.69, 9.17) is 0 Å². The van der Waals surface area contributed by atoms with E-state index in [1.54, 1.807) is 0 Å². The Balaban J connectivity index is 2.28. The highest BCUT2D eigenvalue weighted by atomic mass is 32.2. The van der Waals surface area contributed by atoms with Crippen LogP contribution in [0.15, 0.2) is 53.4 Å². The van der Waals surface area contributed by atoms with Gasteiger partial charge in [-0.1, -0.05) is 36.4 Å². The number of hydrogen-bond acceptors (Lipinski definition) is 3. The van der Waals surface area contributed by atoms with Gasteiger partial charge in [0.2, 0.25) is 5.91 Å². The number of rotatable bonds is 4. The smallest absolute Gasteiger partial charge is 0.321 e. The van der Waals surface area contributed by atoms with Crippen molar-refractivity contribution in [3.63, 3.8) is 0 Å². The van der Waals surface area contributed by atoms with Crippen LogP contribution in [0.1, 0.15) is 21.9 Å². The molecule has 5 heteroatoms. The van der Waals surface area contributed by atoms with E-state index in [0.717, 1.165) is 10.5 Å². The van der Waals surface area contributed by atoms with E-state index in [1.165, 1.54) is 29.9 Å². The summed E-state index contributed by atoms with van der Waals surface area (Å²) in [7, 11) is 1.48. The van der Waals surface area contributed by atoms with E-state index < -0.39 is 11.3 Å². The molecule has 3 amide bonds. The molecule has 0 aromatic heterocycles. The van der Waals surface area contributed by atoms with Gasteiger partial charge in [0.1, 0.15) is 5.25 Å². The van der Waals surface area contributed by atoms with Gasteiger partial charge in [-0.15, -0.1) is 11.8 Å². The molecule has 120 valence electrons. The highest BCUT2D eigenvalue weighted by Gasteiger charge is 2.23. The fourth-order valence-corrected chi connectivity index (χ4v) is 3.19. The maximum absolute atomic E-state index is 12.5. The van der Waals surface area contributed by atoms with Gasteiger partial charge in [-0.2, -0.15) is 0 Å². The normalized spacial score (nSPS) is 11.6. The Morgan fingerprint density at radius 3 is 2.30 bits per heavy atom. The van der Waals surface area contributed by atoms with E-state index in [2.05, 4.69) is 23.6 Å². The average molecular weight is 328 g/mol. The van der Waals surface area contributed by atoms with Crippen molar-refractivity contribution in [1.29, 1.82) is 0 Å². The van der Waals surface area contributed by atoms with Gasteiger partial charge in [0.15, 0.2) is 0 Å². The lowest BCUT2D eigenvalue weighted by atomic mass is 10.1. The van der Waals surface area contributed by atoms with Gasteiger partial charge >= 0.3 is 6.03 Å². The highest BCUT2D eigenvalue weighted by Crippen LogP contribution is 2.36. The van der Waals surface area contributed by atoms with Gasteiger partial charge in [-0.3, -0.25) is 10.1 Å². The van der Waals surface area contributed by atoms with Crippen LogP contribution in [0.5, 0.6) is 0 Å². The lowest BCUT2D eigenvalue weighted by Crippen LogP contribution is -2.39. The molecule has 0 bridgehead atoms. The molecule has 4 nitrogen and oxygen atoms in total. The van der Waals surface area contributed by atoms with E-state index in [1.807, 2.05) is 49.4 Å². The molecule has 0 radical (unpaired) electrons. The van der Waals surface area contributed by atoms with Crippen LogP contribution in [-0.4, -0.2) is 19.0 Å². The summed E-state index contributed by atoms with van der Waals surface area (Å²) in [5.41, 5.74) is 3.24. The Hall–Kier alpha value is -2.27. The number of carbonyl (C=O) groups is 2. The molecule has 0 spiro atoms. The maximum Gasteiger partial charge on any atom is 0.321 e. The zero-order chi connectivity index (χ0) is 16.8. The number of thioether (sulfide) groups is 1. The Labute approximate surface area is 140 Å². The molecule has 0 fully saturated rings. The zero-order valence-electron chi connectivity index (χ0n) is 13.4. The molecule has 0 saturated heterocycles. The van der Waals surface area contributed by atoms with Crippen LogP contribution in [0.2, 0.25) is 0 Å². The van der Waals surface area contributed by atoms with Crippen molar-refractivity contribution in [2.24, 2.45) is 0 Å². The molecular formula is C18H20N2O2S. The minimum Gasteiger partial charge on any atom is -0.341 e. The Bertz CT molecular complexity index is 701. The van der Waals surface area contributed by atoms with Gasteiger partial charge < -0.3 is 5.32 Å². The van der Waals surface area contributed by atoms with E-state index in [-0.39, 0.29) is 5.91 Å². The van der Waals surface area contributed by atoms with E-state index in [0.29, 0.717) is 0 Å². The summed E-state index contributed by atoms with van der Waals surface area (Å²) in [6.45, 7) is 4.10. The summed E-state index contributed by atoms with van der Waals surface area (Å²) < 4.78 is 0. The standard InChI is InChI=1S/C18H20N2O2S/c1-12-9-10-15(11-13(12)2)23-16(14-7-5-4-6-8-14)17(21)20-18(22)19-3/h4-11,16H,1-3H3,(H2,19,20,21,22)/t16-/m0/s1. The van der Waals surface area contributed by atoms with Crippen LogP contribution < -0.4 is 10.6 Å². The second-order valence-electron chi connectivity index (χ2n) is 5.22. The Morgan fingerprint density at radius 2 is 1.70 bits per heavy atom. The number of urea groups is 1. The number of imide groups is 1. The number of aryl methyl sites for hydroxylation is 2. The highest BCUT2D eigenvalue weighted by molar-refractivity contribution is 8.00. The van der Waals surface area contributed by atoms with Gasteiger partial charge in [0.05, 0.1) is 0 Å². The van der Waals surface area contributed by atoms with Crippen molar-refractivity contribution in [2.75, 3.05) is 7.05 Å². The van der Waals surface area contributed by atoms with Gasteiger partial charge in [0, 0.05) is 11.9 Å². The summed E-state index contributed by atoms with van der Waals surface area (Å²) >= 11 is 1.43. The van der Waals surface area contributed by atoms with Crippen LogP contribution in [0.3, 0.4) is 0 Å². The second-order valence-corrected chi connectivity index (χ2v) is 6.40. The molecule has 23 heavy (non-hydrogen) atoms. The van der Waals surface area contributed by atoms with Crippen molar-refractivity contribution < 1.29 is 9.59 Å². The first-order valence-electron chi connectivity index (χ1n) is 7.32. The lowest BCUT2D eigenvalue weighted by Gasteiger charge is -2.17. The van der Waals surface area contributed by atoms with Crippen LogP contribution in [0, 0.1) is 13.8 Å². The number of carbonyl (C=O) groups excluding carboxylic acids is 2. The lowest BCUT2D eigenvalue weighted by molar-refractivity contribution is -0.119. The molecule has 1 atom stereocenters. The quantitative estimate of drug-likeness (QED) is 0.843. The fourth-order valence-electron chi connectivity index (χ4n) is 2.06. The fraction of sp³-hybridized carbons (Fsp3) is 0.222. The Morgan fingerprint density at radius 1 is 1.00 bits per heavy atom. The molecule has 2 rings (SSSR count). The Kier molecular flexibility index (Phi) is 5.82. The van der Waals surface area contributed by atoms with Crippen molar-refractivity contribution in [3.05, 3.63) is 65.2 Å². The monoisotopic (exact) mass is 328 g/mol. The predicted molar refractivity (Wildman–Crippen MR) is 93.6 cm³/mol. The maximum atomic E-state index is 12.5. The topological polar surface area (TPSA) is 58.2 Å². The molecule has 2 N–H and O–H groups in total. The molecule has 0 saturated carbocycles. The van der Waals surface area contributed by atoms with Crippen LogP contribution >= 0.6 is 11.8 Å². The molecule has 0 heterocycles. The summed E-state index contributed by atoms with van der Waals surface area (Å²) in [5.74, 6) is -0.334. The summed E-state index contributed by atoms with van der Waals surface area (Å²) in [5, 5.41) is 4.28. The van der Waals surface area contributed by atoms with E-state index >= 15 is 0 Å². The largest absolute Gasteiger partial charge is 0.341 e. The first kappa shape index (κ1) is 17.1. The molecule has 0 aliphatic rings. The molecule has 0 unspecified atom stereocenters. The molecule has 0 aliphatic carbocycles. The molecular weight excluding hydrogens is 308 g/mol.